The van der Waals surface area contributed by atoms with E-state index in [1.807, 2.05) is 25.1 Å². The van der Waals surface area contributed by atoms with Crippen LogP contribution in [-0.2, 0) is 11.2 Å². The summed E-state index contributed by atoms with van der Waals surface area (Å²) in [6, 6.07) is 12.3. The summed E-state index contributed by atoms with van der Waals surface area (Å²) in [4.78, 5) is 14.7. The smallest absolute Gasteiger partial charge is 0.307 e. The number of fused-ring (bicyclic) bond motifs is 1. The van der Waals surface area contributed by atoms with Crippen molar-refractivity contribution in [3.05, 3.63) is 56.7 Å². The first kappa shape index (κ1) is 15.1. The lowest BCUT2D eigenvalue weighted by Crippen LogP contribution is -2.01. The Balaban J connectivity index is 2.32. The van der Waals surface area contributed by atoms with Gasteiger partial charge in [-0.1, -0.05) is 17.7 Å². The topological polar surface area (TPSA) is 53.1 Å². The van der Waals surface area contributed by atoms with Crippen LogP contribution in [0.4, 0.5) is 0 Å². The Morgan fingerprint density at radius 1 is 1.18 bits per heavy atom. The minimum atomic E-state index is -0.814. The van der Waals surface area contributed by atoms with E-state index < -0.39 is 5.97 Å². The summed E-state index contributed by atoms with van der Waals surface area (Å²) >= 11 is 2.25. The van der Waals surface area contributed by atoms with Gasteiger partial charge in [0.25, 0.3) is 0 Å². The third-order valence-electron chi connectivity index (χ3n) is 3.86. The average molecular weight is 405 g/mol. The molecule has 3 rings (SSSR count). The first-order valence-electron chi connectivity index (χ1n) is 7.05. The molecule has 1 heterocycles. The van der Waals surface area contributed by atoms with Gasteiger partial charge < -0.3 is 10.1 Å². The van der Waals surface area contributed by atoms with Gasteiger partial charge in [-0.25, -0.2) is 0 Å². The van der Waals surface area contributed by atoms with Crippen molar-refractivity contribution in [2.24, 2.45) is 0 Å². The monoisotopic (exact) mass is 405 g/mol. The number of benzene rings is 2. The van der Waals surface area contributed by atoms with Gasteiger partial charge in [0.1, 0.15) is 0 Å². The van der Waals surface area contributed by atoms with Gasteiger partial charge in [-0.2, -0.15) is 0 Å². The highest BCUT2D eigenvalue weighted by atomic mass is 127. The van der Waals surface area contributed by atoms with E-state index in [9.17, 15) is 9.90 Å². The third kappa shape index (κ3) is 2.75. The Morgan fingerprint density at radius 3 is 2.68 bits per heavy atom. The number of carboxylic acid groups (broad SMARTS) is 1. The van der Waals surface area contributed by atoms with Gasteiger partial charge in [0.2, 0.25) is 0 Å². The molecule has 112 valence electrons. The fourth-order valence-corrected chi connectivity index (χ4v) is 3.28. The maximum atomic E-state index is 11.3. The van der Waals surface area contributed by atoms with Crippen molar-refractivity contribution < 1.29 is 9.90 Å². The van der Waals surface area contributed by atoms with E-state index >= 15 is 0 Å². The molecule has 1 aromatic heterocycles. The number of hydrogen-bond acceptors (Lipinski definition) is 1. The van der Waals surface area contributed by atoms with Crippen molar-refractivity contribution in [1.29, 1.82) is 0 Å². The molecule has 0 aliphatic heterocycles. The predicted octanol–water partition coefficient (Wildman–Crippen LogP) is 4.68. The quantitative estimate of drug-likeness (QED) is 0.622. The van der Waals surface area contributed by atoms with Gasteiger partial charge in [-0.3, -0.25) is 4.79 Å². The van der Waals surface area contributed by atoms with Crippen LogP contribution in [0, 0.1) is 17.4 Å². The van der Waals surface area contributed by atoms with Crippen LogP contribution in [0.25, 0.3) is 22.2 Å². The number of rotatable bonds is 3. The fourth-order valence-electron chi connectivity index (χ4n) is 2.79. The number of aromatic nitrogens is 1. The highest BCUT2D eigenvalue weighted by Gasteiger charge is 2.17. The lowest BCUT2D eigenvalue weighted by atomic mass is 9.98. The molecule has 0 fully saturated rings. The minimum absolute atomic E-state index is 0.0167. The molecule has 0 saturated heterocycles. The van der Waals surface area contributed by atoms with Crippen LogP contribution in [-0.4, -0.2) is 16.1 Å². The molecule has 0 spiro atoms. The van der Waals surface area contributed by atoms with E-state index in [2.05, 4.69) is 52.7 Å². The van der Waals surface area contributed by atoms with Gasteiger partial charge in [0.05, 0.1) is 12.1 Å². The minimum Gasteiger partial charge on any atom is -0.481 e. The van der Waals surface area contributed by atoms with Gasteiger partial charge in [0.15, 0.2) is 0 Å². The van der Waals surface area contributed by atoms with Gasteiger partial charge >= 0.3 is 5.97 Å². The number of aromatic amines is 1. The largest absolute Gasteiger partial charge is 0.481 e. The molecule has 3 nitrogen and oxygen atoms in total. The second kappa shape index (κ2) is 5.76. The van der Waals surface area contributed by atoms with Gasteiger partial charge in [-0.15, -0.1) is 0 Å². The summed E-state index contributed by atoms with van der Waals surface area (Å²) in [6.45, 7) is 4.10. The standard InChI is InChI=1S/C18H16INO2/c1-10-3-4-11(2)13(7-10)18-15(9-17(21)22)14-8-12(19)5-6-16(14)20-18/h3-8,20H,9H2,1-2H3,(H,21,22). The zero-order valence-electron chi connectivity index (χ0n) is 12.4. The number of nitrogens with one attached hydrogen (secondary N) is 1. The zero-order valence-corrected chi connectivity index (χ0v) is 14.6. The Kier molecular flexibility index (Phi) is 3.95. The van der Waals surface area contributed by atoms with Crippen LogP contribution in [0.5, 0.6) is 0 Å². The molecular weight excluding hydrogens is 389 g/mol. The van der Waals surface area contributed by atoms with Crippen LogP contribution < -0.4 is 0 Å². The van der Waals surface area contributed by atoms with Crippen LogP contribution in [0.1, 0.15) is 16.7 Å². The summed E-state index contributed by atoms with van der Waals surface area (Å²) in [5, 5.41) is 10.3. The lowest BCUT2D eigenvalue weighted by Gasteiger charge is -2.08. The summed E-state index contributed by atoms with van der Waals surface area (Å²) in [5.41, 5.74) is 6.12. The number of hydrogen-bond donors (Lipinski definition) is 2. The molecule has 0 atom stereocenters. The molecule has 2 aromatic carbocycles. The highest BCUT2D eigenvalue weighted by Crippen LogP contribution is 2.33. The van der Waals surface area contributed by atoms with Gasteiger partial charge in [-0.05, 0) is 71.8 Å². The summed E-state index contributed by atoms with van der Waals surface area (Å²) in [7, 11) is 0. The molecule has 0 bridgehead atoms. The number of carbonyl (C=O) groups is 1. The van der Waals surface area contributed by atoms with E-state index in [-0.39, 0.29) is 6.42 Å². The molecule has 0 amide bonds. The summed E-state index contributed by atoms with van der Waals surface area (Å²) < 4.78 is 1.10. The Bertz CT molecular complexity index is 880. The predicted molar refractivity (Wildman–Crippen MR) is 97.3 cm³/mol. The van der Waals surface area contributed by atoms with Crippen molar-refractivity contribution in [3.63, 3.8) is 0 Å². The van der Waals surface area contributed by atoms with Crippen molar-refractivity contribution in [3.8, 4) is 11.3 Å². The second-order valence-corrected chi connectivity index (χ2v) is 6.80. The Morgan fingerprint density at radius 2 is 1.95 bits per heavy atom. The Hall–Kier alpha value is -1.82. The summed E-state index contributed by atoms with van der Waals surface area (Å²) in [6.07, 6.45) is 0.0167. The van der Waals surface area contributed by atoms with Crippen LogP contribution in [0.2, 0.25) is 0 Å². The van der Waals surface area contributed by atoms with Crippen molar-refractivity contribution in [1.82, 2.24) is 4.98 Å². The highest BCUT2D eigenvalue weighted by molar-refractivity contribution is 14.1. The lowest BCUT2D eigenvalue weighted by molar-refractivity contribution is -0.136. The van der Waals surface area contributed by atoms with E-state index in [4.69, 9.17) is 0 Å². The molecule has 2 N–H and O–H groups in total. The molecule has 3 aromatic rings. The normalized spacial score (nSPS) is 11.0. The first-order chi connectivity index (χ1) is 10.5. The van der Waals surface area contributed by atoms with Gasteiger partial charge in [0, 0.05) is 20.0 Å². The third-order valence-corrected chi connectivity index (χ3v) is 4.53. The number of halogens is 1. The summed E-state index contributed by atoms with van der Waals surface area (Å²) in [5.74, 6) is -0.814. The SMILES string of the molecule is Cc1ccc(C)c(-c2[nH]c3ccc(I)cc3c2CC(=O)O)c1. The average Bonchev–Trinajstić information content (AvgIpc) is 2.79. The fraction of sp³-hybridized carbons (Fsp3) is 0.167. The number of aliphatic carboxylic acids is 1. The van der Waals surface area contributed by atoms with Crippen LogP contribution in [0.15, 0.2) is 36.4 Å². The molecule has 0 aliphatic rings. The van der Waals surface area contributed by atoms with E-state index in [0.717, 1.165) is 42.4 Å². The molecule has 0 radical (unpaired) electrons. The van der Waals surface area contributed by atoms with E-state index in [1.54, 1.807) is 0 Å². The molecule has 0 saturated carbocycles. The van der Waals surface area contributed by atoms with Crippen molar-refractivity contribution in [2.45, 2.75) is 20.3 Å². The zero-order chi connectivity index (χ0) is 15.9. The van der Waals surface area contributed by atoms with E-state index in [1.165, 1.54) is 0 Å². The van der Waals surface area contributed by atoms with Crippen molar-refractivity contribution in [2.75, 3.05) is 0 Å². The molecule has 0 aliphatic carbocycles. The number of carboxylic acids is 1. The maximum Gasteiger partial charge on any atom is 0.307 e. The molecule has 4 heteroatoms. The first-order valence-corrected chi connectivity index (χ1v) is 8.13. The molecule has 0 unspecified atom stereocenters. The molecular formula is C18H16INO2. The Labute approximate surface area is 142 Å². The number of H-pyrrole nitrogens is 1. The van der Waals surface area contributed by atoms with Crippen molar-refractivity contribution >= 4 is 39.5 Å². The number of aryl methyl sites for hydroxylation is 2. The maximum absolute atomic E-state index is 11.3. The van der Waals surface area contributed by atoms with Crippen LogP contribution >= 0.6 is 22.6 Å². The van der Waals surface area contributed by atoms with E-state index in [0.29, 0.717) is 0 Å². The molecule has 22 heavy (non-hydrogen) atoms. The van der Waals surface area contributed by atoms with Crippen LogP contribution in [0.3, 0.4) is 0 Å². The second-order valence-electron chi connectivity index (χ2n) is 5.56.